The van der Waals surface area contributed by atoms with Crippen LogP contribution < -0.4 is 10.9 Å². The van der Waals surface area contributed by atoms with Crippen LogP contribution in [0.3, 0.4) is 0 Å². The molecule has 2 atom stereocenters. The Bertz CT molecular complexity index is 510. The average molecular weight is 300 g/mol. The van der Waals surface area contributed by atoms with E-state index in [-0.39, 0.29) is 22.7 Å². The lowest BCUT2D eigenvalue weighted by atomic mass is 10.1. The zero-order chi connectivity index (χ0) is 14.7. The zero-order valence-electron chi connectivity index (χ0n) is 12.2. The quantitative estimate of drug-likeness (QED) is 0.908. The van der Waals surface area contributed by atoms with Crippen molar-refractivity contribution in [3.8, 4) is 0 Å². The molecular weight excluding hydrogens is 278 g/mol. The van der Waals surface area contributed by atoms with E-state index in [0.717, 1.165) is 19.4 Å². The summed E-state index contributed by atoms with van der Waals surface area (Å²) in [5.74, 6) is 0.348. The number of hydrogen-bond donors (Lipinski definition) is 1. The molecule has 0 aliphatic carbocycles. The van der Waals surface area contributed by atoms with Crippen molar-refractivity contribution in [1.29, 1.82) is 0 Å². The standard InChI is InChI=1S/C14H22ClN3O2/c1-9(2)8-18-14(19)13(15)11(7-16-18)17-10(3)12-5-4-6-20-12/h7,9-10,12,17H,4-6,8H2,1-3H3. The number of anilines is 1. The van der Waals surface area contributed by atoms with Gasteiger partial charge in [0, 0.05) is 19.2 Å². The number of nitrogens with one attached hydrogen (secondary N) is 1. The summed E-state index contributed by atoms with van der Waals surface area (Å²) in [6.45, 7) is 7.48. The highest BCUT2D eigenvalue weighted by Gasteiger charge is 2.23. The van der Waals surface area contributed by atoms with Crippen LogP contribution >= 0.6 is 11.6 Å². The Hall–Kier alpha value is -1.07. The summed E-state index contributed by atoms with van der Waals surface area (Å²) in [6, 6.07) is 0.108. The van der Waals surface area contributed by atoms with Crippen LogP contribution in [0, 0.1) is 5.92 Å². The van der Waals surface area contributed by atoms with Crippen molar-refractivity contribution in [2.75, 3.05) is 11.9 Å². The SMILES string of the molecule is CC(C)Cn1ncc(NC(C)C2CCCO2)c(Cl)c1=O. The van der Waals surface area contributed by atoms with E-state index in [1.807, 2.05) is 20.8 Å². The lowest BCUT2D eigenvalue weighted by molar-refractivity contribution is 0.0996. The molecular formula is C14H22ClN3O2. The molecule has 1 saturated heterocycles. The summed E-state index contributed by atoms with van der Waals surface area (Å²) in [6.07, 6.45) is 3.91. The third kappa shape index (κ3) is 3.52. The van der Waals surface area contributed by atoms with Gasteiger partial charge in [0.25, 0.3) is 5.56 Å². The molecule has 2 unspecified atom stereocenters. The van der Waals surface area contributed by atoms with E-state index in [4.69, 9.17) is 16.3 Å². The van der Waals surface area contributed by atoms with E-state index in [0.29, 0.717) is 18.2 Å². The minimum absolute atomic E-state index is 0.108. The van der Waals surface area contributed by atoms with Crippen molar-refractivity contribution in [1.82, 2.24) is 9.78 Å². The highest BCUT2D eigenvalue weighted by molar-refractivity contribution is 6.32. The molecule has 1 N–H and O–H groups in total. The van der Waals surface area contributed by atoms with E-state index in [2.05, 4.69) is 10.4 Å². The van der Waals surface area contributed by atoms with Crippen LogP contribution in [0.5, 0.6) is 0 Å². The molecule has 1 aliphatic heterocycles. The molecule has 2 rings (SSSR count). The van der Waals surface area contributed by atoms with Crippen molar-refractivity contribution in [2.45, 2.75) is 52.3 Å². The minimum atomic E-state index is -0.245. The summed E-state index contributed by atoms with van der Waals surface area (Å²) in [7, 11) is 0. The van der Waals surface area contributed by atoms with Crippen LogP contribution in [0.25, 0.3) is 0 Å². The van der Waals surface area contributed by atoms with E-state index < -0.39 is 0 Å². The summed E-state index contributed by atoms with van der Waals surface area (Å²) < 4.78 is 7.04. The molecule has 0 radical (unpaired) electrons. The van der Waals surface area contributed by atoms with Gasteiger partial charge in [-0.3, -0.25) is 4.79 Å². The van der Waals surface area contributed by atoms with Crippen molar-refractivity contribution in [3.05, 3.63) is 21.6 Å². The second-order valence-electron chi connectivity index (χ2n) is 5.74. The third-order valence-corrected chi connectivity index (χ3v) is 3.79. The number of aromatic nitrogens is 2. The van der Waals surface area contributed by atoms with Gasteiger partial charge in [-0.15, -0.1) is 0 Å². The first kappa shape index (κ1) is 15.3. The first-order chi connectivity index (χ1) is 9.49. The van der Waals surface area contributed by atoms with Gasteiger partial charge in [0.1, 0.15) is 5.02 Å². The topological polar surface area (TPSA) is 56.1 Å². The smallest absolute Gasteiger partial charge is 0.287 e. The Labute approximate surface area is 124 Å². The fourth-order valence-electron chi connectivity index (χ4n) is 2.38. The molecule has 112 valence electrons. The fraction of sp³-hybridized carbons (Fsp3) is 0.714. The van der Waals surface area contributed by atoms with Crippen LogP contribution in [-0.2, 0) is 11.3 Å². The van der Waals surface area contributed by atoms with Gasteiger partial charge in [0.05, 0.1) is 18.0 Å². The largest absolute Gasteiger partial charge is 0.377 e. The van der Waals surface area contributed by atoms with Gasteiger partial charge in [-0.2, -0.15) is 5.10 Å². The van der Waals surface area contributed by atoms with E-state index >= 15 is 0 Å². The summed E-state index contributed by atoms with van der Waals surface area (Å²) in [5, 5.41) is 7.62. The second kappa shape index (κ2) is 6.59. The fourth-order valence-corrected chi connectivity index (χ4v) is 2.58. The molecule has 6 heteroatoms. The predicted molar refractivity (Wildman–Crippen MR) is 80.4 cm³/mol. The monoisotopic (exact) mass is 299 g/mol. The molecule has 1 fully saturated rings. The van der Waals surface area contributed by atoms with Crippen molar-refractivity contribution >= 4 is 17.3 Å². The minimum Gasteiger partial charge on any atom is -0.377 e. The molecule has 0 saturated carbocycles. The Morgan fingerprint density at radius 2 is 2.30 bits per heavy atom. The molecule has 0 bridgehead atoms. The highest BCUT2D eigenvalue weighted by atomic mass is 35.5. The molecule has 1 aliphatic rings. The molecule has 0 amide bonds. The van der Waals surface area contributed by atoms with Crippen LogP contribution in [-0.4, -0.2) is 28.5 Å². The van der Waals surface area contributed by atoms with E-state index in [9.17, 15) is 4.79 Å². The van der Waals surface area contributed by atoms with Gasteiger partial charge < -0.3 is 10.1 Å². The summed E-state index contributed by atoms with van der Waals surface area (Å²) in [5.41, 5.74) is 0.338. The molecule has 5 nitrogen and oxygen atoms in total. The lowest BCUT2D eigenvalue weighted by Gasteiger charge is -2.21. The molecule has 0 aromatic carbocycles. The Morgan fingerprint density at radius 1 is 1.55 bits per heavy atom. The van der Waals surface area contributed by atoms with Crippen molar-refractivity contribution < 1.29 is 4.74 Å². The van der Waals surface area contributed by atoms with Crippen LogP contribution in [0.1, 0.15) is 33.6 Å². The summed E-state index contributed by atoms with van der Waals surface area (Å²) >= 11 is 6.16. The van der Waals surface area contributed by atoms with Gasteiger partial charge in [-0.05, 0) is 25.7 Å². The average Bonchev–Trinajstić information content (AvgIpc) is 2.92. The summed E-state index contributed by atoms with van der Waals surface area (Å²) in [4.78, 5) is 12.1. The zero-order valence-corrected chi connectivity index (χ0v) is 13.0. The maximum absolute atomic E-state index is 12.1. The number of rotatable bonds is 5. The number of hydrogen-bond acceptors (Lipinski definition) is 4. The van der Waals surface area contributed by atoms with Crippen molar-refractivity contribution in [3.63, 3.8) is 0 Å². The van der Waals surface area contributed by atoms with E-state index in [1.165, 1.54) is 4.68 Å². The third-order valence-electron chi connectivity index (χ3n) is 3.43. The molecule has 0 spiro atoms. The Balaban J connectivity index is 2.12. The molecule has 1 aromatic rings. The predicted octanol–water partition coefficient (Wildman–Crippen LogP) is 2.53. The van der Waals surface area contributed by atoms with Gasteiger partial charge in [0.15, 0.2) is 0 Å². The lowest BCUT2D eigenvalue weighted by Crippen LogP contribution is -2.32. The number of nitrogens with zero attached hydrogens (tertiary/aromatic N) is 2. The maximum atomic E-state index is 12.1. The van der Waals surface area contributed by atoms with Gasteiger partial charge in [-0.1, -0.05) is 25.4 Å². The Morgan fingerprint density at radius 3 is 2.90 bits per heavy atom. The first-order valence-electron chi connectivity index (χ1n) is 7.12. The molecule has 1 aromatic heterocycles. The van der Waals surface area contributed by atoms with E-state index in [1.54, 1.807) is 6.20 Å². The van der Waals surface area contributed by atoms with Crippen LogP contribution in [0.4, 0.5) is 5.69 Å². The van der Waals surface area contributed by atoms with Gasteiger partial charge >= 0.3 is 0 Å². The van der Waals surface area contributed by atoms with Gasteiger partial charge in [-0.25, -0.2) is 4.68 Å². The molecule has 20 heavy (non-hydrogen) atoms. The molecule has 2 heterocycles. The van der Waals surface area contributed by atoms with Crippen molar-refractivity contribution in [2.24, 2.45) is 5.92 Å². The first-order valence-corrected chi connectivity index (χ1v) is 7.50. The maximum Gasteiger partial charge on any atom is 0.287 e. The second-order valence-corrected chi connectivity index (χ2v) is 6.12. The van der Waals surface area contributed by atoms with Crippen LogP contribution in [0.15, 0.2) is 11.0 Å². The Kier molecular flexibility index (Phi) is 5.05. The highest BCUT2D eigenvalue weighted by Crippen LogP contribution is 2.22. The number of halogens is 1. The van der Waals surface area contributed by atoms with Gasteiger partial charge in [0.2, 0.25) is 0 Å². The number of ether oxygens (including phenoxy) is 1. The van der Waals surface area contributed by atoms with Crippen LogP contribution in [0.2, 0.25) is 5.02 Å². The normalized spacial score (nSPS) is 20.4.